The molecule has 3 aromatic rings. The second kappa shape index (κ2) is 7.79. The number of nitrogens with zero attached hydrogens (tertiary/aromatic N) is 3. The molecule has 2 aromatic carbocycles. The molecular formula is C21H25N3O2. The Morgan fingerprint density at radius 2 is 1.81 bits per heavy atom. The Balaban J connectivity index is 1.50. The van der Waals surface area contributed by atoms with Gasteiger partial charge in [0.25, 0.3) is 0 Å². The summed E-state index contributed by atoms with van der Waals surface area (Å²) in [4.78, 5) is 7.36. The predicted molar refractivity (Wildman–Crippen MR) is 103 cm³/mol. The van der Waals surface area contributed by atoms with Gasteiger partial charge >= 0.3 is 0 Å². The molecule has 1 saturated heterocycles. The summed E-state index contributed by atoms with van der Waals surface area (Å²) in [7, 11) is 1.67. The molecular weight excluding hydrogens is 326 g/mol. The molecule has 0 radical (unpaired) electrons. The molecule has 5 nitrogen and oxygen atoms in total. The maximum atomic E-state index is 5.95. The molecule has 1 aliphatic rings. The van der Waals surface area contributed by atoms with E-state index in [9.17, 15) is 0 Å². The predicted octanol–water partition coefficient (Wildman–Crippen LogP) is 3.72. The lowest BCUT2D eigenvalue weighted by Gasteiger charge is -2.16. The quantitative estimate of drug-likeness (QED) is 0.650. The van der Waals surface area contributed by atoms with Crippen LogP contribution in [-0.2, 0) is 13.1 Å². The van der Waals surface area contributed by atoms with E-state index in [0.717, 1.165) is 35.9 Å². The zero-order valence-corrected chi connectivity index (χ0v) is 15.2. The van der Waals surface area contributed by atoms with Gasteiger partial charge in [0, 0.05) is 6.07 Å². The SMILES string of the molecule is COc1cccc(OCCn2c(CN3CCCC3)nc3ccccc32)c1. The highest BCUT2D eigenvalue weighted by atomic mass is 16.5. The van der Waals surface area contributed by atoms with Crippen molar-refractivity contribution in [3.63, 3.8) is 0 Å². The highest BCUT2D eigenvalue weighted by Crippen LogP contribution is 2.21. The number of ether oxygens (including phenoxy) is 2. The van der Waals surface area contributed by atoms with Crippen molar-refractivity contribution >= 4 is 11.0 Å². The van der Waals surface area contributed by atoms with Crippen molar-refractivity contribution in [1.29, 1.82) is 0 Å². The van der Waals surface area contributed by atoms with Gasteiger partial charge in [0.1, 0.15) is 23.9 Å². The lowest BCUT2D eigenvalue weighted by Crippen LogP contribution is -2.22. The lowest BCUT2D eigenvalue weighted by atomic mass is 10.3. The summed E-state index contributed by atoms with van der Waals surface area (Å²) in [6.07, 6.45) is 2.58. The van der Waals surface area contributed by atoms with Gasteiger partial charge in [-0.25, -0.2) is 4.98 Å². The summed E-state index contributed by atoms with van der Waals surface area (Å²) in [5, 5.41) is 0. The summed E-state index contributed by atoms with van der Waals surface area (Å²) in [5.41, 5.74) is 2.24. The molecule has 1 fully saturated rings. The van der Waals surface area contributed by atoms with Gasteiger partial charge in [0.05, 0.1) is 31.2 Å². The van der Waals surface area contributed by atoms with Crippen LogP contribution in [0.2, 0.25) is 0 Å². The molecule has 0 saturated carbocycles. The van der Waals surface area contributed by atoms with Crippen molar-refractivity contribution in [3.8, 4) is 11.5 Å². The summed E-state index contributed by atoms with van der Waals surface area (Å²) >= 11 is 0. The number of hydrogen-bond acceptors (Lipinski definition) is 4. The zero-order chi connectivity index (χ0) is 17.8. The third-order valence-corrected chi connectivity index (χ3v) is 4.92. The van der Waals surface area contributed by atoms with E-state index >= 15 is 0 Å². The summed E-state index contributed by atoms with van der Waals surface area (Å²) < 4.78 is 13.5. The molecule has 2 heterocycles. The average molecular weight is 351 g/mol. The standard InChI is InChI=1S/C21H25N3O2/c1-25-17-7-6-8-18(15-17)26-14-13-24-20-10-3-2-9-19(20)22-21(24)16-23-11-4-5-12-23/h2-3,6-10,15H,4-5,11-14,16H2,1H3. The normalized spacial score (nSPS) is 14.8. The largest absolute Gasteiger partial charge is 0.497 e. The second-order valence-electron chi connectivity index (χ2n) is 6.68. The number of fused-ring (bicyclic) bond motifs is 1. The minimum absolute atomic E-state index is 0.598. The topological polar surface area (TPSA) is 39.5 Å². The monoisotopic (exact) mass is 351 g/mol. The van der Waals surface area contributed by atoms with Gasteiger partial charge in [-0.05, 0) is 50.2 Å². The zero-order valence-electron chi connectivity index (χ0n) is 15.2. The number of rotatable bonds is 7. The number of likely N-dealkylation sites (tertiary alicyclic amines) is 1. The number of benzene rings is 2. The van der Waals surface area contributed by atoms with E-state index in [4.69, 9.17) is 14.5 Å². The van der Waals surface area contributed by atoms with Crippen molar-refractivity contribution in [2.24, 2.45) is 0 Å². The molecule has 1 aromatic heterocycles. The van der Waals surface area contributed by atoms with Crippen molar-refractivity contribution in [1.82, 2.24) is 14.5 Å². The smallest absolute Gasteiger partial charge is 0.124 e. The van der Waals surface area contributed by atoms with E-state index in [2.05, 4.69) is 27.7 Å². The Bertz CT molecular complexity index is 869. The molecule has 0 atom stereocenters. The fourth-order valence-electron chi connectivity index (χ4n) is 3.58. The molecule has 26 heavy (non-hydrogen) atoms. The molecule has 136 valence electrons. The Labute approximate surface area is 154 Å². The highest BCUT2D eigenvalue weighted by Gasteiger charge is 2.17. The average Bonchev–Trinajstić information content (AvgIpc) is 3.30. The van der Waals surface area contributed by atoms with Gasteiger partial charge in [-0.15, -0.1) is 0 Å². The molecule has 0 amide bonds. The minimum atomic E-state index is 0.598. The Morgan fingerprint density at radius 3 is 2.65 bits per heavy atom. The molecule has 0 bridgehead atoms. The lowest BCUT2D eigenvalue weighted by molar-refractivity contribution is 0.284. The van der Waals surface area contributed by atoms with E-state index in [0.29, 0.717) is 6.61 Å². The molecule has 0 N–H and O–H groups in total. The van der Waals surface area contributed by atoms with Crippen LogP contribution in [0.25, 0.3) is 11.0 Å². The first-order chi connectivity index (χ1) is 12.8. The van der Waals surface area contributed by atoms with Gasteiger partial charge in [-0.3, -0.25) is 4.90 Å². The maximum absolute atomic E-state index is 5.95. The summed E-state index contributed by atoms with van der Waals surface area (Å²) in [5.74, 6) is 2.77. The van der Waals surface area contributed by atoms with Crippen LogP contribution < -0.4 is 9.47 Å². The third kappa shape index (κ3) is 3.68. The van der Waals surface area contributed by atoms with E-state index in [1.807, 2.05) is 30.3 Å². The number of aromatic nitrogens is 2. The van der Waals surface area contributed by atoms with Gasteiger partial charge in [-0.2, -0.15) is 0 Å². The van der Waals surface area contributed by atoms with Crippen LogP contribution in [0.15, 0.2) is 48.5 Å². The minimum Gasteiger partial charge on any atom is -0.497 e. The van der Waals surface area contributed by atoms with Crippen LogP contribution in [0.1, 0.15) is 18.7 Å². The number of methoxy groups -OCH3 is 1. The Hall–Kier alpha value is -2.53. The first-order valence-electron chi connectivity index (χ1n) is 9.27. The second-order valence-corrected chi connectivity index (χ2v) is 6.68. The van der Waals surface area contributed by atoms with Crippen LogP contribution in [0.4, 0.5) is 0 Å². The summed E-state index contributed by atoms with van der Waals surface area (Å²) in [6.45, 7) is 4.63. The van der Waals surface area contributed by atoms with Crippen LogP contribution in [0.5, 0.6) is 11.5 Å². The van der Waals surface area contributed by atoms with Crippen LogP contribution >= 0.6 is 0 Å². The van der Waals surface area contributed by atoms with E-state index in [1.54, 1.807) is 7.11 Å². The molecule has 1 aliphatic heterocycles. The number of hydrogen-bond donors (Lipinski definition) is 0. The van der Waals surface area contributed by atoms with E-state index in [-0.39, 0.29) is 0 Å². The first-order valence-corrected chi connectivity index (χ1v) is 9.27. The molecule has 4 rings (SSSR count). The maximum Gasteiger partial charge on any atom is 0.124 e. The van der Waals surface area contributed by atoms with Crippen molar-refractivity contribution in [2.75, 3.05) is 26.8 Å². The van der Waals surface area contributed by atoms with Crippen molar-refractivity contribution in [2.45, 2.75) is 25.9 Å². The first kappa shape index (κ1) is 16.9. The van der Waals surface area contributed by atoms with Gasteiger partial charge in [0.2, 0.25) is 0 Å². The molecule has 0 spiro atoms. The fraction of sp³-hybridized carbons (Fsp3) is 0.381. The number of imidazole rings is 1. The Kier molecular flexibility index (Phi) is 5.07. The van der Waals surface area contributed by atoms with Crippen molar-refractivity contribution < 1.29 is 9.47 Å². The fourth-order valence-corrected chi connectivity index (χ4v) is 3.58. The van der Waals surface area contributed by atoms with Gasteiger partial charge < -0.3 is 14.0 Å². The van der Waals surface area contributed by atoms with E-state index < -0.39 is 0 Å². The Morgan fingerprint density at radius 1 is 1.00 bits per heavy atom. The highest BCUT2D eigenvalue weighted by molar-refractivity contribution is 5.75. The third-order valence-electron chi connectivity index (χ3n) is 4.92. The van der Waals surface area contributed by atoms with Gasteiger partial charge in [0.15, 0.2) is 0 Å². The summed E-state index contributed by atoms with van der Waals surface area (Å²) in [6, 6.07) is 16.1. The van der Waals surface area contributed by atoms with E-state index in [1.165, 1.54) is 31.4 Å². The van der Waals surface area contributed by atoms with Crippen molar-refractivity contribution in [3.05, 3.63) is 54.4 Å². The number of para-hydroxylation sites is 2. The molecule has 5 heteroatoms. The van der Waals surface area contributed by atoms with Crippen LogP contribution in [0.3, 0.4) is 0 Å². The molecule has 0 aliphatic carbocycles. The van der Waals surface area contributed by atoms with Gasteiger partial charge in [-0.1, -0.05) is 18.2 Å². The molecule has 0 unspecified atom stereocenters. The van der Waals surface area contributed by atoms with Crippen LogP contribution in [0, 0.1) is 0 Å². The van der Waals surface area contributed by atoms with Crippen LogP contribution in [-0.4, -0.2) is 41.3 Å².